The predicted molar refractivity (Wildman–Crippen MR) is 109 cm³/mol. The molecule has 2 rings (SSSR count). The first-order valence-electron chi connectivity index (χ1n) is 9.03. The van der Waals surface area contributed by atoms with Crippen LogP contribution in [0.2, 0.25) is 0 Å². The smallest absolute Gasteiger partial charge is 0.257 e. The number of benzene rings is 1. The Labute approximate surface area is 164 Å². The summed E-state index contributed by atoms with van der Waals surface area (Å²) in [4.78, 5) is 14.5. The molecule has 1 amide bonds. The molecule has 1 aliphatic rings. The highest BCUT2D eigenvalue weighted by atomic mass is 79.9. The Morgan fingerprint density at radius 3 is 2.72 bits per heavy atom. The van der Waals surface area contributed by atoms with Crippen LogP contribution in [0.3, 0.4) is 0 Å². The Morgan fingerprint density at radius 2 is 2.08 bits per heavy atom. The molecule has 25 heavy (non-hydrogen) atoms. The fourth-order valence-corrected chi connectivity index (χ4v) is 3.71. The molecule has 138 valence electrons. The Bertz CT molecular complexity index is 603. The number of nitrogens with one attached hydrogen (secondary N) is 1. The molecule has 0 unspecified atom stereocenters. The molecule has 1 aliphatic carbocycles. The summed E-state index contributed by atoms with van der Waals surface area (Å²) in [6.07, 6.45) is 8.14. The minimum absolute atomic E-state index is 0.187. The third kappa shape index (κ3) is 5.96. The van der Waals surface area contributed by atoms with Gasteiger partial charge in [-0.15, -0.1) is 0 Å². The third-order valence-electron chi connectivity index (χ3n) is 4.61. The van der Waals surface area contributed by atoms with Gasteiger partial charge in [0.15, 0.2) is 5.11 Å². The van der Waals surface area contributed by atoms with Crippen molar-refractivity contribution in [1.29, 1.82) is 0 Å². The average Bonchev–Trinajstić information content (AvgIpc) is 2.63. The Hall–Kier alpha value is -1.14. The van der Waals surface area contributed by atoms with E-state index >= 15 is 0 Å². The van der Waals surface area contributed by atoms with E-state index in [9.17, 15) is 4.79 Å². The van der Waals surface area contributed by atoms with Crippen LogP contribution in [0.1, 0.15) is 62.2 Å². The Kier molecular flexibility index (Phi) is 8.16. The molecule has 0 bridgehead atoms. The molecule has 0 atom stereocenters. The molecule has 0 aromatic heterocycles. The number of thiocarbonyl (C=S) groups is 1. The van der Waals surface area contributed by atoms with Gasteiger partial charge in [-0.05, 0) is 65.6 Å². The topological polar surface area (TPSA) is 41.6 Å². The number of rotatable bonds is 6. The normalized spacial score (nSPS) is 14.8. The van der Waals surface area contributed by atoms with Gasteiger partial charge >= 0.3 is 0 Å². The van der Waals surface area contributed by atoms with Crippen molar-refractivity contribution in [1.82, 2.24) is 10.2 Å². The first-order chi connectivity index (χ1) is 12.0. The zero-order valence-corrected chi connectivity index (χ0v) is 17.4. The van der Waals surface area contributed by atoms with Crippen molar-refractivity contribution in [2.75, 3.05) is 13.7 Å². The van der Waals surface area contributed by atoms with Gasteiger partial charge < -0.3 is 9.64 Å². The van der Waals surface area contributed by atoms with E-state index in [1.807, 2.05) is 18.0 Å². The second kappa shape index (κ2) is 10.1. The van der Waals surface area contributed by atoms with Crippen molar-refractivity contribution < 1.29 is 9.53 Å². The first-order valence-corrected chi connectivity index (χ1v) is 10.2. The van der Waals surface area contributed by atoms with Crippen LogP contribution in [0.25, 0.3) is 0 Å². The zero-order valence-electron chi connectivity index (χ0n) is 15.0. The lowest BCUT2D eigenvalue weighted by Gasteiger charge is -2.32. The highest BCUT2D eigenvalue weighted by molar-refractivity contribution is 9.10. The minimum Gasteiger partial charge on any atom is -0.492 e. The maximum atomic E-state index is 12.5. The summed E-state index contributed by atoms with van der Waals surface area (Å²) in [7, 11) is 1.97. The fraction of sp³-hybridized carbons (Fsp3) is 0.579. The van der Waals surface area contributed by atoms with E-state index in [1.54, 1.807) is 12.1 Å². The van der Waals surface area contributed by atoms with E-state index in [4.69, 9.17) is 17.0 Å². The van der Waals surface area contributed by atoms with Crippen molar-refractivity contribution in [3.05, 3.63) is 28.2 Å². The standard InChI is InChI=1S/C19H27BrN2O2S/c1-3-4-12-24-17-11-10-14(13-16(17)20)18(23)21-19(25)22(2)15-8-6-5-7-9-15/h10-11,13,15H,3-9,12H2,1-2H3,(H,21,23,25). The summed E-state index contributed by atoms with van der Waals surface area (Å²) in [5.41, 5.74) is 0.564. The Balaban J connectivity index is 1.93. The van der Waals surface area contributed by atoms with E-state index < -0.39 is 0 Å². The van der Waals surface area contributed by atoms with Crippen LogP contribution >= 0.6 is 28.1 Å². The molecule has 1 saturated carbocycles. The summed E-state index contributed by atoms with van der Waals surface area (Å²) in [6, 6.07) is 5.80. The Morgan fingerprint density at radius 1 is 1.36 bits per heavy atom. The van der Waals surface area contributed by atoms with Crippen LogP contribution in [0.5, 0.6) is 5.75 Å². The average molecular weight is 427 g/mol. The van der Waals surface area contributed by atoms with Gasteiger partial charge in [0.2, 0.25) is 0 Å². The maximum absolute atomic E-state index is 12.5. The van der Waals surface area contributed by atoms with Crippen LogP contribution in [0.15, 0.2) is 22.7 Å². The maximum Gasteiger partial charge on any atom is 0.257 e. The number of halogens is 1. The SMILES string of the molecule is CCCCOc1ccc(C(=O)NC(=S)N(C)C2CCCCC2)cc1Br. The van der Waals surface area contributed by atoms with Crippen LogP contribution in [0.4, 0.5) is 0 Å². The summed E-state index contributed by atoms with van der Waals surface area (Å²) >= 11 is 8.90. The number of hydrogen-bond acceptors (Lipinski definition) is 3. The molecule has 0 aliphatic heterocycles. The van der Waals surface area contributed by atoms with Gasteiger partial charge in [-0.1, -0.05) is 32.6 Å². The largest absolute Gasteiger partial charge is 0.492 e. The van der Waals surface area contributed by atoms with Crippen LogP contribution in [0, 0.1) is 0 Å². The van der Waals surface area contributed by atoms with E-state index in [1.165, 1.54) is 19.3 Å². The number of nitrogens with zero attached hydrogens (tertiary/aromatic N) is 1. The van der Waals surface area contributed by atoms with Gasteiger partial charge in [-0.25, -0.2) is 0 Å². The minimum atomic E-state index is -0.187. The van der Waals surface area contributed by atoms with E-state index in [-0.39, 0.29) is 5.91 Å². The van der Waals surface area contributed by atoms with Crippen LogP contribution in [-0.4, -0.2) is 35.6 Å². The highest BCUT2D eigenvalue weighted by Crippen LogP contribution is 2.26. The van der Waals surface area contributed by atoms with Crippen LogP contribution in [-0.2, 0) is 0 Å². The number of carbonyl (C=O) groups excluding carboxylic acids is 1. The molecule has 0 saturated heterocycles. The van der Waals surface area contributed by atoms with Gasteiger partial charge in [-0.3, -0.25) is 10.1 Å². The summed E-state index contributed by atoms with van der Waals surface area (Å²) in [6.45, 7) is 2.80. The molecular formula is C19H27BrN2O2S. The first kappa shape index (κ1) is 20.2. The van der Waals surface area contributed by atoms with Crippen molar-refractivity contribution in [3.63, 3.8) is 0 Å². The second-order valence-corrected chi connectivity index (χ2v) is 7.75. The zero-order chi connectivity index (χ0) is 18.2. The third-order valence-corrected chi connectivity index (χ3v) is 5.62. The summed E-state index contributed by atoms with van der Waals surface area (Å²) < 4.78 is 6.48. The number of hydrogen-bond donors (Lipinski definition) is 1. The van der Waals surface area contributed by atoms with Crippen molar-refractivity contribution in [2.45, 2.75) is 57.9 Å². The molecule has 1 fully saturated rings. The monoisotopic (exact) mass is 426 g/mol. The van der Waals surface area contributed by atoms with E-state index in [0.29, 0.717) is 23.3 Å². The fourth-order valence-electron chi connectivity index (χ4n) is 2.98. The second-order valence-electron chi connectivity index (χ2n) is 6.51. The molecule has 6 heteroatoms. The van der Waals surface area contributed by atoms with Crippen LogP contribution < -0.4 is 10.1 Å². The van der Waals surface area contributed by atoms with E-state index in [0.717, 1.165) is 35.9 Å². The predicted octanol–water partition coefficient (Wildman–Crippen LogP) is 4.91. The molecule has 1 aromatic rings. The number of carbonyl (C=O) groups is 1. The van der Waals surface area contributed by atoms with Gasteiger partial charge in [0.05, 0.1) is 11.1 Å². The number of ether oxygens (including phenoxy) is 1. The molecule has 4 nitrogen and oxygen atoms in total. The molecule has 0 heterocycles. The highest BCUT2D eigenvalue weighted by Gasteiger charge is 2.21. The molecular weight excluding hydrogens is 400 g/mol. The van der Waals surface area contributed by atoms with Crippen molar-refractivity contribution in [3.8, 4) is 5.75 Å². The quantitative estimate of drug-likeness (QED) is 0.518. The lowest BCUT2D eigenvalue weighted by atomic mass is 9.95. The van der Waals surface area contributed by atoms with Gasteiger partial charge in [0.1, 0.15) is 5.75 Å². The van der Waals surface area contributed by atoms with Crippen molar-refractivity contribution in [2.24, 2.45) is 0 Å². The summed E-state index contributed by atoms with van der Waals surface area (Å²) in [5.74, 6) is 0.570. The lowest BCUT2D eigenvalue weighted by molar-refractivity contribution is 0.0971. The molecule has 0 radical (unpaired) electrons. The lowest BCUT2D eigenvalue weighted by Crippen LogP contribution is -2.46. The van der Waals surface area contributed by atoms with Gasteiger partial charge in [0, 0.05) is 18.7 Å². The summed E-state index contributed by atoms with van der Waals surface area (Å²) in [5, 5.41) is 3.35. The molecule has 1 N–H and O–H groups in total. The number of unbranched alkanes of at least 4 members (excludes halogenated alkanes) is 1. The van der Waals surface area contributed by atoms with Gasteiger partial charge in [0.25, 0.3) is 5.91 Å². The molecule has 1 aromatic carbocycles. The molecule has 0 spiro atoms. The van der Waals surface area contributed by atoms with Crippen molar-refractivity contribution >= 4 is 39.2 Å². The number of amides is 1. The van der Waals surface area contributed by atoms with Gasteiger partial charge in [-0.2, -0.15) is 0 Å². The van der Waals surface area contributed by atoms with E-state index in [2.05, 4.69) is 28.2 Å².